The molecule has 5 nitrogen and oxygen atoms in total. The Balaban J connectivity index is 2.21. The largest absolute Gasteiger partial charge is 0.345 e. The number of benzene rings is 1. The van der Waals surface area contributed by atoms with Crippen LogP contribution in [0.5, 0.6) is 0 Å². The molecule has 2 atom stereocenters. The van der Waals surface area contributed by atoms with Crippen LogP contribution in [0.15, 0.2) is 36.8 Å². The van der Waals surface area contributed by atoms with E-state index in [1.165, 1.54) is 6.33 Å². The first-order valence-electron chi connectivity index (χ1n) is 7.15. The van der Waals surface area contributed by atoms with Crippen LogP contribution in [-0.4, -0.2) is 21.5 Å². The highest BCUT2D eigenvalue weighted by atomic mass is 35.5. The number of rotatable bonds is 4. The number of halogens is 1. The predicted octanol–water partition coefficient (Wildman–Crippen LogP) is 2.87. The van der Waals surface area contributed by atoms with Crippen LogP contribution < -0.4 is 11.5 Å². The van der Waals surface area contributed by atoms with Crippen LogP contribution >= 0.6 is 11.6 Å². The summed E-state index contributed by atoms with van der Waals surface area (Å²) in [6, 6.07) is 7.44. The van der Waals surface area contributed by atoms with Gasteiger partial charge >= 0.3 is 0 Å². The summed E-state index contributed by atoms with van der Waals surface area (Å²) < 4.78 is 0. The highest BCUT2D eigenvalue weighted by Gasteiger charge is 2.21. The van der Waals surface area contributed by atoms with E-state index in [2.05, 4.69) is 15.0 Å². The Morgan fingerprint density at radius 2 is 2.14 bits per heavy atom. The molecule has 0 bridgehead atoms. The second-order valence-electron chi connectivity index (χ2n) is 5.43. The average molecular weight is 316 g/mol. The van der Waals surface area contributed by atoms with Crippen LogP contribution in [0.1, 0.15) is 18.7 Å². The summed E-state index contributed by atoms with van der Waals surface area (Å²) in [5.41, 5.74) is 15.7. The number of H-pyrrole nitrogens is 1. The van der Waals surface area contributed by atoms with Gasteiger partial charge in [0.2, 0.25) is 0 Å². The Morgan fingerprint density at radius 1 is 1.32 bits per heavy atom. The van der Waals surface area contributed by atoms with E-state index >= 15 is 0 Å². The van der Waals surface area contributed by atoms with Crippen molar-refractivity contribution in [2.45, 2.75) is 13.0 Å². The van der Waals surface area contributed by atoms with E-state index in [4.69, 9.17) is 23.1 Å². The molecule has 0 aliphatic heterocycles. The van der Waals surface area contributed by atoms with Gasteiger partial charge < -0.3 is 16.5 Å². The van der Waals surface area contributed by atoms with Crippen molar-refractivity contribution in [1.82, 2.24) is 15.0 Å². The van der Waals surface area contributed by atoms with Crippen molar-refractivity contribution < 1.29 is 0 Å². The molecule has 3 aromatic rings. The summed E-state index contributed by atoms with van der Waals surface area (Å²) in [4.78, 5) is 11.9. The van der Waals surface area contributed by atoms with Crippen molar-refractivity contribution in [3.63, 3.8) is 0 Å². The first kappa shape index (κ1) is 15.0. The lowest BCUT2D eigenvalue weighted by Crippen LogP contribution is -2.26. The number of nitrogens with one attached hydrogen (secondary N) is 1. The summed E-state index contributed by atoms with van der Waals surface area (Å²) >= 11 is 6.11. The molecule has 2 unspecified atom stereocenters. The second-order valence-corrected chi connectivity index (χ2v) is 5.87. The first-order chi connectivity index (χ1) is 10.6. The van der Waals surface area contributed by atoms with E-state index in [9.17, 15) is 0 Å². The number of aromatic amines is 1. The number of hydrogen-bond acceptors (Lipinski definition) is 4. The van der Waals surface area contributed by atoms with Gasteiger partial charge in [0.05, 0.1) is 11.7 Å². The first-order valence-corrected chi connectivity index (χ1v) is 7.53. The van der Waals surface area contributed by atoms with Crippen LogP contribution in [0.2, 0.25) is 5.02 Å². The lowest BCUT2D eigenvalue weighted by Gasteiger charge is -2.18. The number of fused-ring (bicyclic) bond motifs is 1. The van der Waals surface area contributed by atoms with Gasteiger partial charge in [0.15, 0.2) is 0 Å². The fourth-order valence-corrected chi connectivity index (χ4v) is 2.73. The van der Waals surface area contributed by atoms with Crippen LogP contribution in [-0.2, 0) is 0 Å². The molecule has 6 heteroatoms. The van der Waals surface area contributed by atoms with E-state index in [1.807, 2.05) is 37.4 Å². The molecule has 22 heavy (non-hydrogen) atoms. The smallest absolute Gasteiger partial charge is 0.141 e. The predicted molar refractivity (Wildman–Crippen MR) is 89.5 cm³/mol. The maximum Gasteiger partial charge on any atom is 0.141 e. The number of nitrogens with zero attached hydrogens (tertiary/aromatic N) is 2. The Hall–Kier alpha value is -1.95. The number of nitrogens with two attached hydrogens (primary N) is 2. The molecule has 0 saturated heterocycles. The lowest BCUT2D eigenvalue weighted by molar-refractivity contribution is 0.474. The molecule has 0 fully saturated rings. The Kier molecular flexibility index (Phi) is 4.11. The van der Waals surface area contributed by atoms with Crippen molar-refractivity contribution >= 4 is 22.6 Å². The molecule has 1 aromatic carbocycles. The summed E-state index contributed by atoms with van der Waals surface area (Å²) in [6.07, 6.45) is 3.44. The summed E-state index contributed by atoms with van der Waals surface area (Å²) in [6.45, 7) is 2.52. The maximum absolute atomic E-state index is 6.34. The normalized spacial score (nSPS) is 14.2. The van der Waals surface area contributed by atoms with Crippen LogP contribution in [0.25, 0.3) is 22.2 Å². The zero-order chi connectivity index (χ0) is 15.7. The zero-order valence-corrected chi connectivity index (χ0v) is 13.0. The summed E-state index contributed by atoms with van der Waals surface area (Å²) in [5, 5.41) is 1.61. The molecule has 5 N–H and O–H groups in total. The van der Waals surface area contributed by atoms with Crippen molar-refractivity contribution in [3.05, 3.63) is 47.5 Å². The van der Waals surface area contributed by atoms with Gasteiger partial charge in [0.25, 0.3) is 0 Å². The molecule has 0 saturated carbocycles. The maximum atomic E-state index is 6.34. The van der Waals surface area contributed by atoms with Crippen LogP contribution in [0.3, 0.4) is 0 Å². The van der Waals surface area contributed by atoms with Crippen LogP contribution in [0.4, 0.5) is 0 Å². The Morgan fingerprint density at radius 3 is 2.86 bits per heavy atom. The van der Waals surface area contributed by atoms with Gasteiger partial charge in [-0.25, -0.2) is 9.97 Å². The van der Waals surface area contributed by atoms with Gasteiger partial charge in [-0.1, -0.05) is 30.7 Å². The lowest BCUT2D eigenvalue weighted by atomic mass is 9.95. The molecule has 114 valence electrons. The number of aromatic nitrogens is 3. The van der Waals surface area contributed by atoms with Gasteiger partial charge in [0.1, 0.15) is 12.0 Å². The van der Waals surface area contributed by atoms with E-state index in [1.54, 1.807) is 0 Å². The van der Waals surface area contributed by atoms with E-state index < -0.39 is 0 Å². The zero-order valence-electron chi connectivity index (χ0n) is 12.3. The molecular formula is C16H18ClN5. The Bertz CT molecular complexity index is 798. The fourth-order valence-electron chi connectivity index (χ4n) is 2.54. The minimum absolute atomic E-state index is 0.125. The fraction of sp³-hybridized carbons (Fsp3) is 0.250. The highest BCUT2D eigenvalue weighted by molar-refractivity contribution is 6.30. The minimum Gasteiger partial charge on any atom is -0.345 e. The summed E-state index contributed by atoms with van der Waals surface area (Å²) in [5.74, 6) is 0.125. The van der Waals surface area contributed by atoms with Gasteiger partial charge in [-0.05, 0) is 30.2 Å². The SMILES string of the molecule is CC(CN)C(N)c1ncnc2[nH]cc(-c3cccc(Cl)c3)c12. The molecule has 0 radical (unpaired) electrons. The highest BCUT2D eigenvalue weighted by Crippen LogP contribution is 2.33. The van der Waals surface area contributed by atoms with Crippen LogP contribution in [0, 0.1) is 5.92 Å². The summed E-state index contributed by atoms with van der Waals surface area (Å²) in [7, 11) is 0. The van der Waals surface area contributed by atoms with Crippen molar-refractivity contribution in [2.75, 3.05) is 6.54 Å². The van der Waals surface area contributed by atoms with E-state index in [0.717, 1.165) is 27.9 Å². The molecule has 2 aromatic heterocycles. The molecule has 0 amide bonds. The monoisotopic (exact) mass is 315 g/mol. The standard InChI is InChI=1S/C16H18ClN5/c1-9(6-18)14(19)15-13-12(7-20-16(13)22-8-21-15)10-3-2-4-11(17)5-10/h2-5,7-9,14H,6,18-19H2,1H3,(H,20,21,22). The molecule has 0 aliphatic rings. The molecule has 0 spiro atoms. The third-order valence-corrected chi connectivity index (χ3v) is 4.17. The van der Waals surface area contributed by atoms with E-state index in [-0.39, 0.29) is 12.0 Å². The van der Waals surface area contributed by atoms with Gasteiger partial charge in [-0.3, -0.25) is 0 Å². The minimum atomic E-state index is -0.246. The third-order valence-electron chi connectivity index (χ3n) is 3.94. The molecular weight excluding hydrogens is 298 g/mol. The van der Waals surface area contributed by atoms with Gasteiger partial charge in [0, 0.05) is 22.2 Å². The van der Waals surface area contributed by atoms with Crippen molar-refractivity contribution in [1.29, 1.82) is 0 Å². The third kappa shape index (κ3) is 2.59. The Labute approximate surface area is 133 Å². The second kappa shape index (κ2) is 6.04. The quantitative estimate of drug-likeness (QED) is 0.690. The molecule has 3 rings (SSSR count). The molecule has 0 aliphatic carbocycles. The average Bonchev–Trinajstić information content (AvgIpc) is 2.97. The van der Waals surface area contributed by atoms with Crippen molar-refractivity contribution in [2.24, 2.45) is 17.4 Å². The van der Waals surface area contributed by atoms with Gasteiger partial charge in [-0.2, -0.15) is 0 Å². The molecule has 2 heterocycles. The van der Waals surface area contributed by atoms with E-state index in [0.29, 0.717) is 11.6 Å². The van der Waals surface area contributed by atoms with Gasteiger partial charge in [-0.15, -0.1) is 0 Å². The van der Waals surface area contributed by atoms with Crippen molar-refractivity contribution in [3.8, 4) is 11.1 Å². The topological polar surface area (TPSA) is 93.6 Å². The number of hydrogen-bond donors (Lipinski definition) is 3.